The minimum atomic E-state index is 0.0240. The normalized spacial score (nSPS) is 15.1. The van der Waals surface area contributed by atoms with Crippen LogP contribution in [0.4, 0.5) is 0 Å². The molecular weight excluding hydrogens is 216 g/mol. The van der Waals surface area contributed by atoms with Gasteiger partial charge in [0.1, 0.15) is 5.69 Å². The van der Waals surface area contributed by atoms with Crippen molar-refractivity contribution in [2.45, 2.75) is 19.3 Å². The van der Waals surface area contributed by atoms with Crippen LogP contribution in [-0.4, -0.2) is 17.6 Å². The van der Waals surface area contributed by atoms with E-state index in [2.05, 4.69) is 10.5 Å². The van der Waals surface area contributed by atoms with E-state index in [0.29, 0.717) is 18.0 Å². The van der Waals surface area contributed by atoms with Crippen LogP contribution in [0.2, 0.25) is 0 Å². The van der Waals surface area contributed by atoms with Gasteiger partial charge in [0, 0.05) is 11.9 Å². The van der Waals surface area contributed by atoms with Crippen LogP contribution >= 0.6 is 0 Å². The standard InChI is InChI=1S/C13H14N2O2/c16-13(14-8-9-5-6-9)7-11-10-3-1-2-4-12(10)17-15-11/h1-4,9H,5-8H2,(H,14,16). The molecular formula is C13H14N2O2. The first-order chi connectivity index (χ1) is 8.33. The Hall–Kier alpha value is -1.84. The minimum Gasteiger partial charge on any atom is -0.356 e. The van der Waals surface area contributed by atoms with Crippen molar-refractivity contribution in [2.24, 2.45) is 5.92 Å². The van der Waals surface area contributed by atoms with Crippen LogP contribution in [0.15, 0.2) is 28.8 Å². The van der Waals surface area contributed by atoms with E-state index in [1.54, 1.807) is 0 Å². The Balaban J connectivity index is 1.68. The van der Waals surface area contributed by atoms with E-state index >= 15 is 0 Å². The molecule has 1 amide bonds. The molecule has 0 unspecified atom stereocenters. The largest absolute Gasteiger partial charge is 0.356 e. The molecule has 0 radical (unpaired) electrons. The van der Waals surface area contributed by atoms with Crippen LogP contribution in [-0.2, 0) is 11.2 Å². The molecule has 1 saturated carbocycles. The van der Waals surface area contributed by atoms with Crippen LogP contribution in [0.25, 0.3) is 11.0 Å². The lowest BCUT2D eigenvalue weighted by atomic mass is 10.1. The minimum absolute atomic E-state index is 0.0240. The lowest BCUT2D eigenvalue weighted by Gasteiger charge is -2.01. The van der Waals surface area contributed by atoms with E-state index in [-0.39, 0.29) is 5.91 Å². The summed E-state index contributed by atoms with van der Waals surface area (Å²) < 4.78 is 5.16. The zero-order chi connectivity index (χ0) is 11.7. The number of nitrogens with one attached hydrogen (secondary N) is 1. The number of carbonyl (C=O) groups is 1. The number of hydrogen-bond acceptors (Lipinski definition) is 3. The summed E-state index contributed by atoms with van der Waals surface area (Å²) in [7, 11) is 0. The quantitative estimate of drug-likeness (QED) is 0.872. The van der Waals surface area contributed by atoms with E-state index in [1.807, 2.05) is 24.3 Å². The molecule has 0 saturated heterocycles. The summed E-state index contributed by atoms with van der Waals surface area (Å²) in [6, 6.07) is 7.60. The Morgan fingerprint density at radius 3 is 3.06 bits per heavy atom. The number of para-hydroxylation sites is 1. The van der Waals surface area contributed by atoms with Crippen molar-refractivity contribution < 1.29 is 9.32 Å². The maximum Gasteiger partial charge on any atom is 0.226 e. The highest BCUT2D eigenvalue weighted by molar-refractivity contribution is 5.86. The number of rotatable bonds is 4. The molecule has 1 fully saturated rings. The lowest BCUT2D eigenvalue weighted by Crippen LogP contribution is -2.27. The topological polar surface area (TPSA) is 55.1 Å². The maximum atomic E-state index is 11.7. The number of carbonyl (C=O) groups excluding carboxylic acids is 1. The van der Waals surface area contributed by atoms with Gasteiger partial charge in [-0.25, -0.2) is 0 Å². The Kier molecular flexibility index (Phi) is 2.55. The predicted molar refractivity (Wildman–Crippen MR) is 63.4 cm³/mol. The molecule has 4 nitrogen and oxygen atoms in total. The lowest BCUT2D eigenvalue weighted by molar-refractivity contribution is -0.120. The molecule has 0 bridgehead atoms. The molecule has 1 aliphatic carbocycles. The molecule has 2 aromatic rings. The summed E-state index contributed by atoms with van der Waals surface area (Å²) in [5.41, 5.74) is 1.45. The van der Waals surface area contributed by atoms with E-state index < -0.39 is 0 Å². The fourth-order valence-corrected chi connectivity index (χ4v) is 1.86. The first-order valence-corrected chi connectivity index (χ1v) is 5.93. The summed E-state index contributed by atoms with van der Waals surface area (Å²) in [5.74, 6) is 0.726. The number of nitrogens with zero attached hydrogens (tertiary/aromatic N) is 1. The Morgan fingerprint density at radius 1 is 1.41 bits per heavy atom. The van der Waals surface area contributed by atoms with Crippen LogP contribution in [0.5, 0.6) is 0 Å². The van der Waals surface area contributed by atoms with Gasteiger partial charge in [-0.1, -0.05) is 17.3 Å². The smallest absolute Gasteiger partial charge is 0.226 e. The van der Waals surface area contributed by atoms with Crippen molar-refractivity contribution in [2.75, 3.05) is 6.54 Å². The van der Waals surface area contributed by atoms with Crippen LogP contribution in [0, 0.1) is 5.92 Å². The third kappa shape index (κ3) is 2.30. The monoisotopic (exact) mass is 230 g/mol. The maximum absolute atomic E-state index is 11.7. The van der Waals surface area contributed by atoms with Gasteiger partial charge in [-0.05, 0) is 30.9 Å². The van der Waals surface area contributed by atoms with Gasteiger partial charge >= 0.3 is 0 Å². The Bertz CT molecular complexity index is 543. The first-order valence-electron chi connectivity index (χ1n) is 5.93. The van der Waals surface area contributed by atoms with Crippen molar-refractivity contribution in [3.05, 3.63) is 30.0 Å². The second-order valence-electron chi connectivity index (χ2n) is 4.55. The van der Waals surface area contributed by atoms with E-state index in [4.69, 9.17) is 4.52 Å². The van der Waals surface area contributed by atoms with Crippen LogP contribution < -0.4 is 5.32 Å². The zero-order valence-electron chi connectivity index (χ0n) is 9.48. The average Bonchev–Trinajstić information content (AvgIpc) is 3.10. The molecule has 4 heteroatoms. The molecule has 0 spiro atoms. The van der Waals surface area contributed by atoms with E-state index in [0.717, 1.165) is 17.5 Å². The summed E-state index contributed by atoms with van der Waals surface area (Å²) in [6.07, 6.45) is 2.78. The number of benzene rings is 1. The molecule has 0 aliphatic heterocycles. The molecule has 1 heterocycles. The van der Waals surface area contributed by atoms with Crippen molar-refractivity contribution >= 4 is 16.9 Å². The van der Waals surface area contributed by atoms with Gasteiger partial charge in [-0.3, -0.25) is 4.79 Å². The molecule has 88 valence electrons. The Labute approximate surface area is 99.0 Å². The average molecular weight is 230 g/mol. The number of fused-ring (bicyclic) bond motifs is 1. The number of amides is 1. The number of hydrogen-bond donors (Lipinski definition) is 1. The predicted octanol–water partition coefficient (Wildman–Crippen LogP) is 1.90. The highest BCUT2D eigenvalue weighted by Crippen LogP contribution is 2.27. The van der Waals surface area contributed by atoms with E-state index in [1.165, 1.54) is 12.8 Å². The van der Waals surface area contributed by atoms with E-state index in [9.17, 15) is 4.79 Å². The van der Waals surface area contributed by atoms with Gasteiger partial charge in [0.15, 0.2) is 5.58 Å². The summed E-state index contributed by atoms with van der Waals surface area (Å²) in [6.45, 7) is 0.800. The van der Waals surface area contributed by atoms with Crippen molar-refractivity contribution in [3.63, 3.8) is 0 Å². The molecule has 1 aromatic carbocycles. The summed E-state index contributed by atoms with van der Waals surface area (Å²) >= 11 is 0. The Morgan fingerprint density at radius 2 is 2.24 bits per heavy atom. The fraction of sp³-hybridized carbons (Fsp3) is 0.385. The van der Waals surface area contributed by atoms with Gasteiger partial charge in [-0.2, -0.15) is 0 Å². The van der Waals surface area contributed by atoms with Gasteiger partial charge in [0.25, 0.3) is 0 Å². The molecule has 1 N–H and O–H groups in total. The second-order valence-corrected chi connectivity index (χ2v) is 4.55. The molecule has 1 aliphatic rings. The summed E-state index contributed by atoms with van der Waals surface area (Å²) in [5, 5.41) is 7.79. The first kappa shape index (κ1) is 10.3. The number of aromatic nitrogens is 1. The van der Waals surface area contributed by atoms with Gasteiger partial charge in [-0.15, -0.1) is 0 Å². The third-order valence-corrected chi connectivity index (χ3v) is 3.06. The van der Waals surface area contributed by atoms with Gasteiger partial charge in [0.05, 0.1) is 6.42 Å². The fourth-order valence-electron chi connectivity index (χ4n) is 1.86. The molecule has 17 heavy (non-hydrogen) atoms. The second kappa shape index (κ2) is 4.20. The SMILES string of the molecule is O=C(Cc1noc2ccccc12)NCC1CC1. The van der Waals surface area contributed by atoms with Crippen molar-refractivity contribution in [1.29, 1.82) is 0 Å². The summed E-state index contributed by atoms with van der Waals surface area (Å²) in [4.78, 5) is 11.7. The van der Waals surface area contributed by atoms with Gasteiger partial charge < -0.3 is 9.84 Å². The molecule has 3 rings (SSSR count). The molecule has 1 aromatic heterocycles. The third-order valence-electron chi connectivity index (χ3n) is 3.06. The van der Waals surface area contributed by atoms with Crippen molar-refractivity contribution in [3.8, 4) is 0 Å². The van der Waals surface area contributed by atoms with Crippen molar-refractivity contribution in [1.82, 2.24) is 10.5 Å². The highest BCUT2D eigenvalue weighted by Gasteiger charge is 2.22. The molecule has 0 atom stereocenters. The highest BCUT2D eigenvalue weighted by atomic mass is 16.5. The van der Waals surface area contributed by atoms with Crippen LogP contribution in [0.3, 0.4) is 0 Å². The van der Waals surface area contributed by atoms with Gasteiger partial charge in [0.2, 0.25) is 5.91 Å². The zero-order valence-corrected chi connectivity index (χ0v) is 9.48. The van der Waals surface area contributed by atoms with Crippen LogP contribution in [0.1, 0.15) is 18.5 Å².